The van der Waals surface area contributed by atoms with Crippen molar-refractivity contribution in [1.29, 1.82) is 0 Å². The monoisotopic (exact) mass is 871 g/mol. The van der Waals surface area contributed by atoms with E-state index < -0.39 is 38.6 Å². The predicted molar refractivity (Wildman–Crippen MR) is 253 cm³/mol. The predicted octanol–water partition coefficient (Wildman–Crippen LogP) is 11.9. The molecule has 0 heterocycles. The van der Waals surface area contributed by atoms with Gasteiger partial charge in [0.15, 0.2) is 6.10 Å². The van der Waals surface area contributed by atoms with Crippen LogP contribution in [0.5, 0.6) is 0 Å². The highest BCUT2D eigenvalue weighted by Crippen LogP contribution is 2.43. The number of phosphoric ester groups is 1. The van der Waals surface area contributed by atoms with Crippen LogP contribution in [0.3, 0.4) is 0 Å². The molecule has 0 bridgehead atoms. The van der Waals surface area contributed by atoms with Crippen LogP contribution in [-0.4, -0.2) is 86.1 Å². The second-order valence-electron chi connectivity index (χ2n) is 15.5. The Kier molecular flexibility index (Phi) is 38.0. The van der Waals surface area contributed by atoms with Crippen molar-refractivity contribution >= 4 is 19.8 Å². The molecule has 2 N–H and O–H groups in total. The third-order valence-electron chi connectivity index (χ3n) is 8.59. The number of rotatable bonds is 38. The number of nitrogens with zero attached hydrogens (tertiary/aromatic N) is 1. The summed E-state index contributed by atoms with van der Waals surface area (Å²) in [7, 11) is 1.30. The Balaban J connectivity index is 4.70. The number of carbonyl (C=O) groups is 2. The zero-order chi connectivity index (χ0) is 45.1. The first-order valence-corrected chi connectivity index (χ1v) is 23.9. The molecule has 11 heteroatoms. The fourth-order valence-corrected chi connectivity index (χ4v) is 5.82. The Morgan fingerprint density at radius 1 is 0.607 bits per heavy atom. The van der Waals surface area contributed by atoms with Crippen molar-refractivity contribution in [2.24, 2.45) is 0 Å². The summed E-state index contributed by atoms with van der Waals surface area (Å²) in [6.45, 7) is 3.93. The van der Waals surface area contributed by atoms with Crippen molar-refractivity contribution in [3.63, 3.8) is 0 Å². The fourth-order valence-electron chi connectivity index (χ4n) is 5.08. The summed E-state index contributed by atoms with van der Waals surface area (Å²) in [5, 5.41) is 10.3. The van der Waals surface area contributed by atoms with Crippen LogP contribution in [-0.2, 0) is 32.7 Å². The van der Waals surface area contributed by atoms with E-state index in [2.05, 4.69) is 98.9 Å². The molecule has 0 aromatic carbocycles. The SMILES string of the molecule is CC/C=C\C/C=C\C/C=C\C/C=C\C=C\C(O)CCCC(=O)OC[C@H](COP(=O)(O)OCC[N+](C)(C)C)OC(=O)CC/C=C\C/C=C\C/C=C\C/C=C\C/C=C\CCCCC. The molecule has 0 radical (unpaired) electrons. The van der Waals surface area contributed by atoms with E-state index in [0.717, 1.165) is 51.4 Å². The van der Waals surface area contributed by atoms with Crippen LogP contribution in [0.4, 0.5) is 0 Å². The van der Waals surface area contributed by atoms with Crippen LogP contribution >= 0.6 is 7.82 Å². The number of likely N-dealkylation sites (N-methyl/N-ethyl adjacent to an activating group) is 1. The summed E-state index contributed by atoms with van der Waals surface area (Å²) in [4.78, 5) is 35.4. The van der Waals surface area contributed by atoms with Crippen LogP contribution < -0.4 is 0 Å². The minimum atomic E-state index is -4.45. The lowest BCUT2D eigenvalue weighted by Crippen LogP contribution is -2.37. The molecule has 0 aliphatic rings. The van der Waals surface area contributed by atoms with Gasteiger partial charge in [-0.1, -0.05) is 148 Å². The van der Waals surface area contributed by atoms with Crippen LogP contribution in [0.1, 0.15) is 123 Å². The highest BCUT2D eigenvalue weighted by atomic mass is 31.2. The van der Waals surface area contributed by atoms with Crippen molar-refractivity contribution in [3.05, 3.63) is 122 Å². The minimum absolute atomic E-state index is 0.0193. The first-order chi connectivity index (χ1) is 29.4. The Bertz CT molecular complexity index is 1460. The molecule has 0 saturated heterocycles. The second-order valence-corrected chi connectivity index (χ2v) is 17.0. The molecule has 3 atom stereocenters. The number of hydrogen-bond acceptors (Lipinski definition) is 8. The van der Waals surface area contributed by atoms with E-state index in [-0.39, 0.29) is 26.1 Å². The summed E-state index contributed by atoms with van der Waals surface area (Å²) >= 11 is 0. The average molecular weight is 871 g/mol. The molecule has 0 aliphatic heterocycles. The van der Waals surface area contributed by atoms with Gasteiger partial charge < -0.3 is 24.0 Å². The average Bonchev–Trinajstić information content (AvgIpc) is 3.21. The third-order valence-corrected chi connectivity index (χ3v) is 9.58. The van der Waals surface area contributed by atoms with Crippen molar-refractivity contribution in [3.8, 4) is 0 Å². The van der Waals surface area contributed by atoms with Gasteiger partial charge >= 0.3 is 19.8 Å². The molecule has 2 unspecified atom stereocenters. The summed E-state index contributed by atoms with van der Waals surface area (Å²) in [6.07, 6.45) is 53.0. The largest absolute Gasteiger partial charge is 0.472 e. The van der Waals surface area contributed by atoms with E-state index in [1.54, 1.807) is 12.2 Å². The minimum Gasteiger partial charge on any atom is -0.462 e. The van der Waals surface area contributed by atoms with Crippen molar-refractivity contribution in [2.75, 3.05) is 47.5 Å². The number of ether oxygens (including phenoxy) is 2. The highest BCUT2D eigenvalue weighted by Gasteiger charge is 2.27. The van der Waals surface area contributed by atoms with E-state index in [0.29, 0.717) is 30.3 Å². The molecule has 0 aromatic rings. The maximum absolute atomic E-state index is 12.7. The Morgan fingerprint density at radius 2 is 1.13 bits per heavy atom. The van der Waals surface area contributed by atoms with Gasteiger partial charge in [0.1, 0.15) is 19.8 Å². The number of quaternary nitrogens is 1. The Morgan fingerprint density at radius 3 is 1.67 bits per heavy atom. The third kappa shape index (κ3) is 44.2. The fraction of sp³-hybridized carbons (Fsp3) is 0.560. The first-order valence-electron chi connectivity index (χ1n) is 22.4. The summed E-state index contributed by atoms with van der Waals surface area (Å²) < 4.78 is 34.0. The van der Waals surface area contributed by atoms with Crippen LogP contribution in [0.2, 0.25) is 0 Å². The number of aliphatic hydroxyl groups excluding tert-OH is 1. The van der Waals surface area contributed by atoms with E-state index in [1.807, 2.05) is 45.4 Å². The molecule has 0 rings (SSSR count). The van der Waals surface area contributed by atoms with Crippen LogP contribution in [0, 0.1) is 0 Å². The molecule has 0 amide bonds. The highest BCUT2D eigenvalue weighted by molar-refractivity contribution is 7.47. The lowest BCUT2D eigenvalue weighted by atomic mass is 10.1. The number of carbonyl (C=O) groups excluding carboxylic acids is 2. The van der Waals surface area contributed by atoms with Gasteiger partial charge in [0.25, 0.3) is 0 Å². The zero-order valence-electron chi connectivity index (χ0n) is 38.2. The van der Waals surface area contributed by atoms with Crippen molar-refractivity contribution in [1.82, 2.24) is 0 Å². The van der Waals surface area contributed by atoms with Gasteiger partial charge in [-0.05, 0) is 83.5 Å². The van der Waals surface area contributed by atoms with E-state index in [4.69, 9.17) is 18.5 Å². The van der Waals surface area contributed by atoms with Gasteiger partial charge in [0.05, 0.1) is 33.9 Å². The molecule has 344 valence electrons. The second kappa shape index (κ2) is 40.4. The van der Waals surface area contributed by atoms with Gasteiger partial charge in [-0.2, -0.15) is 0 Å². The topological polar surface area (TPSA) is 129 Å². The molecule has 0 aliphatic carbocycles. The molecule has 61 heavy (non-hydrogen) atoms. The number of aliphatic hydroxyl groups is 1. The molecule has 10 nitrogen and oxygen atoms in total. The van der Waals surface area contributed by atoms with E-state index in [9.17, 15) is 24.2 Å². The maximum Gasteiger partial charge on any atom is 0.472 e. The first kappa shape index (κ1) is 57.4. The summed E-state index contributed by atoms with van der Waals surface area (Å²) in [5.41, 5.74) is 0. The number of allylic oxidation sites excluding steroid dienone is 19. The molecule has 0 spiro atoms. The number of hydrogen-bond donors (Lipinski definition) is 2. The number of unbranched alkanes of at least 4 members (excludes halogenated alkanes) is 3. The smallest absolute Gasteiger partial charge is 0.462 e. The standard InChI is InChI=1S/C50H80NO9P/c1-6-8-10-12-14-16-18-20-21-22-23-24-25-27-29-31-33-35-37-41-50(54)60-48(46-59-61(55,56)58-44-43-51(3,4)5)45-57-49(53)42-38-40-47(52)39-36-34-32-30-28-26-19-17-15-13-11-9-7-2/h9,11,14-17,20-21,23-24,26-29,32-36,39,47-48,52H,6-8,10,12-13,18-19,22,25,30-31,37-38,40-46H2,1-5H3/p+1/b11-9-,16-14-,17-15-,21-20-,24-23-,28-26-,29-27-,34-32-,35-33-,39-36+/t47?,48-/m1/s1. The molecule has 0 aromatic heterocycles. The lowest BCUT2D eigenvalue weighted by molar-refractivity contribution is -0.870. The lowest BCUT2D eigenvalue weighted by Gasteiger charge is -2.24. The van der Waals surface area contributed by atoms with Gasteiger partial charge in [0, 0.05) is 12.8 Å². The number of phosphoric acid groups is 1. The molecule has 0 saturated carbocycles. The van der Waals surface area contributed by atoms with Crippen LogP contribution in [0.15, 0.2) is 122 Å². The molecular weight excluding hydrogens is 790 g/mol. The maximum atomic E-state index is 12.7. The van der Waals surface area contributed by atoms with Crippen molar-refractivity contribution in [2.45, 2.75) is 135 Å². The van der Waals surface area contributed by atoms with Gasteiger partial charge in [-0.15, -0.1) is 0 Å². The normalized spacial score (nSPS) is 15.2. The quantitative estimate of drug-likeness (QED) is 0.0156. The number of esters is 2. The Labute approximate surface area is 370 Å². The van der Waals surface area contributed by atoms with Crippen molar-refractivity contribution < 1.29 is 47.2 Å². The molecular formula is C50H81NO9P+. The summed E-state index contributed by atoms with van der Waals surface area (Å²) in [5.74, 6) is -1.11. The van der Waals surface area contributed by atoms with E-state index in [1.165, 1.54) is 25.7 Å². The Hall–Kier alpha value is -3.63. The summed E-state index contributed by atoms with van der Waals surface area (Å²) in [6, 6.07) is 0. The van der Waals surface area contributed by atoms with E-state index >= 15 is 0 Å². The van der Waals surface area contributed by atoms with Gasteiger partial charge in [0.2, 0.25) is 0 Å². The molecule has 0 fully saturated rings. The zero-order valence-corrected chi connectivity index (χ0v) is 39.1. The van der Waals surface area contributed by atoms with Crippen LogP contribution in [0.25, 0.3) is 0 Å². The van der Waals surface area contributed by atoms with Gasteiger partial charge in [-0.3, -0.25) is 18.6 Å². The van der Waals surface area contributed by atoms with Gasteiger partial charge in [-0.25, -0.2) is 4.57 Å².